The number of carbonyl (C=O) groups is 2. The van der Waals surface area contributed by atoms with E-state index in [0.717, 1.165) is 15.2 Å². The van der Waals surface area contributed by atoms with Crippen molar-refractivity contribution in [2.24, 2.45) is 0 Å². The minimum atomic E-state index is -0.834. The molecule has 0 saturated carbocycles. The fourth-order valence-electron chi connectivity index (χ4n) is 2.24. The van der Waals surface area contributed by atoms with Gasteiger partial charge < -0.3 is 9.64 Å². The Morgan fingerprint density at radius 1 is 1.25 bits per heavy atom. The van der Waals surface area contributed by atoms with E-state index in [2.05, 4.69) is 4.98 Å². The van der Waals surface area contributed by atoms with E-state index in [1.807, 2.05) is 24.3 Å². The Labute approximate surface area is 147 Å². The molecule has 0 aliphatic carbocycles. The first-order chi connectivity index (χ1) is 11.5. The Hall–Kier alpha value is -2.25. The monoisotopic (exact) mass is 360 g/mol. The van der Waals surface area contributed by atoms with Crippen LogP contribution in [-0.2, 0) is 16.1 Å². The molecule has 0 spiro atoms. The molecule has 2 aromatic heterocycles. The van der Waals surface area contributed by atoms with Crippen LogP contribution in [0.15, 0.2) is 41.8 Å². The number of hydrogen-bond acceptors (Lipinski definition) is 6. The quantitative estimate of drug-likeness (QED) is 0.653. The summed E-state index contributed by atoms with van der Waals surface area (Å²) in [6.07, 6.45) is -0.834. The van der Waals surface area contributed by atoms with E-state index in [4.69, 9.17) is 4.74 Å². The maximum Gasteiger partial charge on any atom is 0.349 e. The van der Waals surface area contributed by atoms with Gasteiger partial charge in [-0.25, -0.2) is 9.78 Å². The lowest BCUT2D eigenvalue weighted by atomic mass is 10.3. The Morgan fingerprint density at radius 2 is 2.04 bits per heavy atom. The standard InChI is InChI=1S/C17H16N2O3S2/c1-11(22-17(21)14-8-5-9-23-14)16(20)19(2)10-15-18-12-6-3-4-7-13(12)24-15/h3-9,11H,10H2,1-2H3. The molecule has 124 valence electrons. The molecule has 1 aromatic carbocycles. The molecule has 5 nitrogen and oxygen atoms in total. The number of carbonyl (C=O) groups excluding carboxylic acids is 2. The first-order valence-corrected chi connectivity index (χ1v) is 9.08. The molecule has 3 rings (SSSR count). The lowest BCUT2D eigenvalue weighted by Crippen LogP contribution is -2.36. The van der Waals surface area contributed by atoms with Crippen LogP contribution in [0, 0.1) is 0 Å². The van der Waals surface area contributed by atoms with Gasteiger partial charge in [-0.05, 0) is 30.5 Å². The number of fused-ring (bicyclic) bond motifs is 1. The molecule has 1 unspecified atom stereocenters. The number of rotatable bonds is 5. The highest BCUT2D eigenvalue weighted by molar-refractivity contribution is 7.18. The van der Waals surface area contributed by atoms with Crippen LogP contribution >= 0.6 is 22.7 Å². The molecule has 0 aliphatic heterocycles. The molecule has 1 atom stereocenters. The van der Waals surface area contributed by atoms with Gasteiger partial charge in [0.2, 0.25) is 0 Å². The van der Waals surface area contributed by atoms with E-state index < -0.39 is 12.1 Å². The van der Waals surface area contributed by atoms with Crippen LogP contribution in [0.5, 0.6) is 0 Å². The predicted molar refractivity (Wildman–Crippen MR) is 95.3 cm³/mol. The Morgan fingerprint density at radius 3 is 2.75 bits per heavy atom. The van der Waals surface area contributed by atoms with Gasteiger partial charge in [-0.3, -0.25) is 4.79 Å². The van der Waals surface area contributed by atoms with Crippen LogP contribution in [0.25, 0.3) is 10.2 Å². The fraction of sp³-hybridized carbons (Fsp3) is 0.235. The zero-order valence-corrected chi connectivity index (χ0v) is 14.9. The van der Waals surface area contributed by atoms with Crippen molar-refractivity contribution >= 4 is 44.8 Å². The number of ether oxygens (including phenoxy) is 1. The van der Waals surface area contributed by atoms with Gasteiger partial charge in [0.15, 0.2) is 6.10 Å². The van der Waals surface area contributed by atoms with Crippen molar-refractivity contribution in [2.75, 3.05) is 7.05 Å². The number of para-hydroxylation sites is 1. The molecular formula is C17H16N2O3S2. The third-order valence-corrected chi connectivity index (χ3v) is 5.31. The molecule has 0 radical (unpaired) electrons. The molecule has 1 amide bonds. The average Bonchev–Trinajstić information content (AvgIpc) is 3.22. The number of thiophene rings is 1. The number of aromatic nitrogens is 1. The molecule has 2 heterocycles. The van der Waals surface area contributed by atoms with Crippen LogP contribution in [0.4, 0.5) is 0 Å². The van der Waals surface area contributed by atoms with Crippen LogP contribution in [0.3, 0.4) is 0 Å². The predicted octanol–water partition coefficient (Wildman–Crippen LogP) is 3.56. The minimum absolute atomic E-state index is 0.251. The lowest BCUT2D eigenvalue weighted by molar-refractivity contribution is -0.139. The van der Waals surface area contributed by atoms with E-state index in [-0.39, 0.29) is 5.91 Å². The average molecular weight is 360 g/mol. The van der Waals surface area contributed by atoms with Crippen molar-refractivity contribution in [3.05, 3.63) is 51.7 Å². The second kappa shape index (κ2) is 7.11. The van der Waals surface area contributed by atoms with Crippen molar-refractivity contribution in [3.63, 3.8) is 0 Å². The fourth-order valence-corrected chi connectivity index (χ4v) is 3.87. The van der Waals surface area contributed by atoms with Crippen molar-refractivity contribution in [3.8, 4) is 0 Å². The smallest absolute Gasteiger partial charge is 0.349 e. The largest absolute Gasteiger partial charge is 0.448 e. The molecule has 0 N–H and O–H groups in total. The Bertz CT molecular complexity index is 825. The second-order valence-electron chi connectivity index (χ2n) is 5.29. The molecular weight excluding hydrogens is 344 g/mol. The van der Waals surface area contributed by atoms with E-state index in [1.54, 1.807) is 42.8 Å². The topological polar surface area (TPSA) is 59.5 Å². The summed E-state index contributed by atoms with van der Waals surface area (Å²) in [5.74, 6) is -0.724. The lowest BCUT2D eigenvalue weighted by Gasteiger charge is -2.20. The summed E-state index contributed by atoms with van der Waals surface area (Å²) in [6, 6.07) is 11.3. The van der Waals surface area contributed by atoms with Crippen molar-refractivity contribution in [1.82, 2.24) is 9.88 Å². The third-order valence-electron chi connectivity index (χ3n) is 3.44. The first-order valence-electron chi connectivity index (χ1n) is 7.38. The van der Waals surface area contributed by atoms with Gasteiger partial charge >= 0.3 is 5.97 Å². The Kier molecular flexibility index (Phi) is 4.92. The summed E-state index contributed by atoms with van der Waals surface area (Å²) in [4.78, 5) is 30.9. The normalized spacial score (nSPS) is 12.1. The number of thiazole rings is 1. The highest BCUT2D eigenvalue weighted by Crippen LogP contribution is 2.22. The van der Waals surface area contributed by atoms with E-state index in [9.17, 15) is 9.59 Å². The first kappa shape index (κ1) is 16.6. The van der Waals surface area contributed by atoms with Gasteiger partial charge in [-0.2, -0.15) is 0 Å². The van der Waals surface area contributed by atoms with Crippen LogP contribution in [-0.4, -0.2) is 34.9 Å². The number of nitrogens with zero attached hydrogens (tertiary/aromatic N) is 2. The van der Waals surface area contributed by atoms with Crippen LogP contribution in [0.2, 0.25) is 0 Å². The van der Waals surface area contributed by atoms with Gasteiger partial charge in [0.1, 0.15) is 9.88 Å². The zero-order chi connectivity index (χ0) is 17.1. The highest BCUT2D eigenvalue weighted by atomic mass is 32.1. The van der Waals surface area contributed by atoms with Crippen molar-refractivity contribution < 1.29 is 14.3 Å². The molecule has 0 fully saturated rings. The molecule has 3 aromatic rings. The van der Waals surface area contributed by atoms with Gasteiger partial charge in [-0.1, -0.05) is 18.2 Å². The molecule has 0 aliphatic rings. The van der Waals surface area contributed by atoms with Crippen LogP contribution in [0.1, 0.15) is 21.6 Å². The maximum atomic E-state index is 12.4. The molecule has 0 saturated heterocycles. The van der Waals surface area contributed by atoms with E-state index in [0.29, 0.717) is 11.4 Å². The maximum absolute atomic E-state index is 12.4. The molecule has 7 heteroatoms. The number of hydrogen-bond donors (Lipinski definition) is 0. The van der Waals surface area contributed by atoms with Gasteiger partial charge in [-0.15, -0.1) is 22.7 Å². The number of amides is 1. The second-order valence-corrected chi connectivity index (χ2v) is 7.36. The number of esters is 1. The van der Waals surface area contributed by atoms with Crippen LogP contribution < -0.4 is 0 Å². The molecule has 24 heavy (non-hydrogen) atoms. The summed E-state index contributed by atoms with van der Waals surface area (Å²) >= 11 is 2.85. The SMILES string of the molecule is CC(OC(=O)c1cccs1)C(=O)N(C)Cc1nc2ccccc2s1. The minimum Gasteiger partial charge on any atom is -0.448 e. The Balaban J connectivity index is 1.62. The third kappa shape index (κ3) is 3.63. The summed E-state index contributed by atoms with van der Waals surface area (Å²) in [6.45, 7) is 1.97. The van der Waals surface area contributed by atoms with Gasteiger partial charge in [0.05, 0.1) is 16.8 Å². The summed E-state index contributed by atoms with van der Waals surface area (Å²) in [5.41, 5.74) is 0.926. The zero-order valence-electron chi connectivity index (χ0n) is 13.3. The van der Waals surface area contributed by atoms with Gasteiger partial charge in [0, 0.05) is 7.05 Å². The number of likely N-dealkylation sites (N-methyl/N-ethyl adjacent to an activating group) is 1. The van der Waals surface area contributed by atoms with Crippen molar-refractivity contribution in [1.29, 1.82) is 0 Å². The molecule has 0 bridgehead atoms. The number of benzene rings is 1. The summed E-state index contributed by atoms with van der Waals surface area (Å²) in [5, 5.41) is 2.64. The highest BCUT2D eigenvalue weighted by Gasteiger charge is 2.23. The summed E-state index contributed by atoms with van der Waals surface area (Å²) in [7, 11) is 1.68. The van der Waals surface area contributed by atoms with Gasteiger partial charge in [0.25, 0.3) is 5.91 Å². The van der Waals surface area contributed by atoms with E-state index in [1.165, 1.54) is 16.2 Å². The van der Waals surface area contributed by atoms with E-state index >= 15 is 0 Å². The summed E-state index contributed by atoms with van der Waals surface area (Å²) < 4.78 is 6.33. The van der Waals surface area contributed by atoms with Crippen molar-refractivity contribution in [2.45, 2.75) is 19.6 Å².